The van der Waals surface area contributed by atoms with Gasteiger partial charge in [0, 0.05) is 5.57 Å². The smallest absolute Gasteiger partial charge is 0.333 e. The Labute approximate surface area is 71.7 Å². The molecule has 0 saturated heterocycles. The monoisotopic (exact) mass is 171 g/mol. The lowest BCUT2D eigenvalue weighted by Gasteiger charge is -2.04. The van der Waals surface area contributed by atoms with E-state index in [0.717, 1.165) is 6.08 Å². The summed E-state index contributed by atoms with van der Waals surface area (Å²) >= 11 is 0. The Morgan fingerprint density at radius 3 is 2.00 bits per heavy atom. The van der Waals surface area contributed by atoms with Crippen LogP contribution in [0.2, 0.25) is 0 Å². The van der Waals surface area contributed by atoms with Gasteiger partial charge in [0.05, 0.1) is 7.11 Å². The molecule has 0 saturated carbocycles. The van der Waals surface area contributed by atoms with Gasteiger partial charge in [0.2, 0.25) is 6.08 Å². The van der Waals surface area contributed by atoms with Crippen LogP contribution in [0.25, 0.3) is 0 Å². The summed E-state index contributed by atoms with van der Waals surface area (Å²) in [5, 5.41) is 5.40. The number of carbonyl (C=O) groups excluding carboxylic acids is 2. The maximum absolute atomic E-state index is 10.6. The largest absolute Gasteiger partial charge is 0.466 e. The first-order valence-electron chi connectivity index (χ1n) is 3.32. The summed E-state index contributed by atoms with van der Waals surface area (Å²) in [5.74, 6) is -0.137. The van der Waals surface area contributed by atoms with Crippen molar-refractivity contribution in [1.82, 2.24) is 0 Å². The van der Waals surface area contributed by atoms with Gasteiger partial charge in [-0.05, 0) is 5.92 Å². The topological polar surface area (TPSA) is 67.2 Å². The molecule has 0 spiro atoms. The molecule has 4 heteroatoms. The highest BCUT2D eigenvalue weighted by Gasteiger charge is 2.09. The minimum Gasteiger partial charge on any atom is -0.466 e. The fraction of sp³-hybridized carbons (Fsp3) is 0.500. The third-order valence-corrected chi connectivity index (χ3v) is 1.14. The molecule has 0 unspecified atom stereocenters. The van der Waals surface area contributed by atoms with Gasteiger partial charge in [-0.25, -0.2) is 15.0 Å². The van der Waals surface area contributed by atoms with Crippen molar-refractivity contribution in [2.45, 2.75) is 13.8 Å². The van der Waals surface area contributed by atoms with Crippen molar-refractivity contribution >= 4 is 12.0 Å². The van der Waals surface area contributed by atoms with Gasteiger partial charge in [-0.3, -0.25) is 0 Å². The Bertz CT molecular complexity index is 190. The minimum atomic E-state index is -0.315. The number of nitrogens with one attached hydrogen (secondary N) is 1. The summed E-state index contributed by atoms with van der Waals surface area (Å²) in [6.07, 6.45) is 0.750. The van der Waals surface area contributed by atoms with Gasteiger partial charge < -0.3 is 4.74 Å². The summed E-state index contributed by atoms with van der Waals surface area (Å²) in [4.78, 5) is 19.0. The van der Waals surface area contributed by atoms with E-state index in [4.69, 9.17) is 10.2 Å². The van der Waals surface area contributed by atoms with Crippen LogP contribution in [0.15, 0.2) is 12.2 Å². The second-order valence-corrected chi connectivity index (χ2v) is 2.27. The zero-order valence-electron chi connectivity index (χ0n) is 7.51. The Morgan fingerprint density at radius 2 is 1.92 bits per heavy atom. The van der Waals surface area contributed by atoms with Crippen molar-refractivity contribution in [2.75, 3.05) is 7.11 Å². The molecular formula is C8H13NO3. The number of methoxy groups -OCH3 is 1. The summed E-state index contributed by atoms with van der Waals surface area (Å²) in [6.45, 7) is 7.35. The van der Waals surface area contributed by atoms with Crippen LogP contribution < -0.4 is 0 Å². The van der Waals surface area contributed by atoms with Crippen molar-refractivity contribution < 1.29 is 14.3 Å². The Balaban J connectivity index is 0. The Kier molecular flexibility index (Phi) is 8.46. The highest BCUT2D eigenvalue weighted by molar-refractivity contribution is 5.87. The molecule has 0 aromatic rings. The quantitative estimate of drug-likeness (QED) is 0.294. The van der Waals surface area contributed by atoms with Gasteiger partial charge in [0.25, 0.3) is 0 Å². The van der Waals surface area contributed by atoms with E-state index < -0.39 is 0 Å². The minimum absolute atomic E-state index is 0.178. The standard InChI is InChI=1S/C7H12O2.CHNO/c1-5(2)6(3)7(8)9-4;2-1-3/h5H,3H2,1-2,4H3;2H. The Morgan fingerprint density at radius 1 is 1.58 bits per heavy atom. The van der Waals surface area contributed by atoms with E-state index in [0.29, 0.717) is 5.57 Å². The van der Waals surface area contributed by atoms with Crippen LogP contribution in [0.5, 0.6) is 0 Å². The van der Waals surface area contributed by atoms with Crippen molar-refractivity contribution in [3.05, 3.63) is 12.2 Å². The van der Waals surface area contributed by atoms with Gasteiger partial charge in [-0.15, -0.1) is 0 Å². The summed E-state index contributed by atoms with van der Waals surface area (Å²) in [5.41, 5.74) is 0.525. The molecule has 0 aliphatic carbocycles. The molecule has 0 bridgehead atoms. The van der Waals surface area contributed by atoms with E-state index in [1.807, 2.05) is 13.8 Å². The first kappa shape index (κ1) is 13.2. The van der Waals surface area contributed by atoms with Crippen molar-refractivity contribution in [3.63, 3.8) is 0 Å². The Hall–Kier alpha value is -1.41. The average Bonchev–Trinajstić information content (AvgIpc) is 2.03. The lowest BCUT2D eigenvalue weighted by atomic mass is 10.1. The molecule has 1 N–H and O–H groups in total. The zero-order chi connectivity index (χ0) is 10.1. The summed E-state index contributed by atoms with van der Waals surface area (Å²) in [7, 11) is 1.36. The lowest BCUT2D eigenvalue weighted by molar-refractivity contribution is -0.136. The first-order valence-corrected chi connectivity index (χ1v) is 3.32. The summed E-state index contributed by atoms with van der Waals surface area (Å²) in [6, 6.07) is 0. The van der Waals surface area contributed by atoms with E-state index in [1.54, 1.807) is 0 Å². The van der Waals surface area contributed by atoms with E-state index >= 15 is 0 Å². The second kappa shape index (κ2) is 7.69. The highest BCUT2D eigenvalue weighted by atomic mass is 16.5. The van der Waals surface area contributed by atoms with Gasteiger partial charge in [-0.1, -0.05) is 20.4 Å². The molecule has 0 aromatic heterocycles. The molecule has 0 atom stereocenters. The van der Waals surface area contributed by atoms with Crippen molar-refractivity contribution in [2.24, 2.45) is 5.92 Å². The molecule has 0 aliphatic heterocycles. The van der Waals surface area contributed by atoms with Crippen LogP contribution in [0.4, 0.5) is 0 Å². The predicted molar refractivity (Wildman–Crippen MR) is 44.4 cm³/mol. The molecule has 0 aliphatic rings. The van der Waals surface area contributed by atoms with Gasteiger partial charge >= 0.3 is 5.97 Å². The molecular weight excluding hydrogens is 158 g/mol. The second-order valence-electron chi connectivity index (χ2n) is 2.27. The van der Waals surface area contributed by atoms with Gasteiger partial charge in [0.15, 0.2) is 0 Å². The van der Waals surface area contributed by atoms with Crippen LogP contribution in [-0.2, 0) is 14.3 Å². The van der Waals surface area contributed by atoms with Crippen molar-refractivity contribution in [1.29, 1.82) is 5.41 Å². The number of hydrogen-bond acceptors (Lipinski definition) is 4. The third-order valence-electron chi connectivity index (χ3n) is 1.14. The molecule has 12 heavy (non-hydrogen) atoms. The first-order chi connectivity index (χ1) is 5.51. The SMILES string of the molecule is C=C(C(=O)OC)C(C)C.N=C=O. The molecule has 68 valence electrons. The zero-order valence-corrected chi connectivity index (χ0v) is 7.51. The highest BCUT2D eigenvalue weighted by Crippen LogP contribution is 2.06. The normalized spacial score (nSPS) is 7.67. The number of hydrogen-bond donors (Lipinski definition) is 1. The third kappa shape index (κ3) is 6.71. The molecule has 0 rings (SSSR count). The van der Waals surface area contributed by atoms with Gasteiger partial charge in [0.1, 0.15) is 0 Å². The number of carbonyl (C=O) groups is 1. The van der Waals surface area contributed by atoms with Crippen LogP contribution in [0.1, 0.15) is 13.8 Å². The maximum atomic E-state index is 10.6. The molecule has 0 fully saturated rings. The van der Waals surface area contributed by atoms with Crippen LogP contribution in [0, 0.1) is 11.3 Å². The van der Waals surface area contributed by atoms with E-state index in [2.05, 4.69) is 11.3 Å². The predicted octanol–water partition coefficient (Wildman–Crippen LogP) is 1.27. The average molecular weight is 171 g/mol. The molecule has 4 nitrogen and oxygen atoms in total. The fourth-order valence-corrected chi connectivity index (χ4v) is 0.367. The summed E-state index contributed by atoms with van der Waals surface area (Å²) < 4.78 is 4.43. The number of rotatable bonds is 2. The van der Waals surface area contributed by atoms with E-state index in [-0.39, 0.29) is 11.9 Å². The fourth-order valence-electron chi connectivity index (χ4n) is 0.367. The molecule has 0 heterocycles. The van der Waals surface area contributed by atoms with Gasteiger partial charge in [-0.2, -0.15) is 0 Å². The molecule has 0 amide bonds. The van der Waals surface area contributed by atoms with E-state index in [1.165, 1.54) is 7.11 Å². The molecule has 0 radical (unpaired) electrons. The van der Waals surface area contributed by atoms with E-state index in [9.17, 15) is 4.79 Å². The number of isocyanates is 1. The van der Waals surface area contributed by atoms with Crippen LogP contribution in [0.3, 0.4) is 0 Å². The lowest BCUT2D eigenvalue weighted by Crippen LogP contribution is -2.08. The number of ether oxygens (including phenoxy) is 1. The number of esters is 1. The maximum Gasteiger partial charge on any atom is 0.333 e. The van der Waals surface area contributed by atoms with Crippen LogP contribution in [-0.4, -0.2) is 19.2 Å². The van der Waals surface area contributed by atoms with Crippen LogP contribution >= 0.6 is 0 Å². The van der Waals surface area contributed by atoms with Crippen molar-refractivity contribution in [3.8, 4) is 0 Å². The molecule has 0 aromatic carbocycles.